The minimum atomic E-state index is -0.477. The van der Waals surface area contributed by atoms with Crippen molar-refractivity contribution in [2.24, 2.45) is 61.7 Å². The average Bonchev–Trinajstić information content (AvgIpc) is 3.59. The Kier molecular flexibility index (Phi) is 22.2. The summed E-state index contributed by atoms with van der Waals surface area (Å²) in [6.45, 7) is 20.8. The number of nitrogens with one attached hydrogen (secondary N) is 3. The first-order valence-electron chi connectivity index (χ1n) is 24.1. The van der Waals surface area contributed by atoms with Crippen molar-refractivity contribution in [3.05, 3.63) is 31.3 Å². The largest absolute Gasteiger partial charge is 0.444 e. The number of hydrogen-bond donors (Lipinski definition) is 3. The highest BCUT2D eigenvalue weighted by atomic mass is 16.6. The molecule has 4 unspecified atom stereocenters. The van der Waals surface area contributed by atoms with E-state index in [4.69, 9.17) is 35.5 Å². The van der Waals surface area contributed by atoms with Gasteiger partial charge in [0.1, 0.15) is 5.60 Å². The second-order valence-electron chi connectivity index (χ2n) is 20.1. The smallest absolute Gasteiger partial charge is 0.407 e. The first-order valence-corrected chi connectivity index (χ1v) is 24.1. The molecule has 0 radical (unpaired) electrons. The number of amides is 1. The molecular formula is C45H82N12O5. The highest BCUT2D eigenvalue weighted by Crippen LogP contribution is 2.69. The van der Waals surface area contributed by atoms with Crippen LogP contribution in [-0.2, 0) is 18.9 Å². The van der Waals surface area contributed by atoms with Gasteiger partial charge in [0.05, 0.1) is 18.3 Å². The molecule has 0 spiro atoms. The van der Waals surface area contributed by atoms with E-state index in [-0.39, 0.29) is 35.2 Å². The third-order valence-electron chi connectivity index (χ3n) is 15.0. The Morgan fingerprint density at radius 1 is 0.726 bits per heavy atom. The minimum Gasteiger partial charge on any atom is -0.444 e. The lowest BCUT2D eigenvalue weighted by atomic mass is 9.43. The maximum absolute atomic E-state index is 11.8. The van der Waals surface area contributed by atoms with Crippen LogP contribution in [0.5, 0.6) is 0 Å². The van der Waals surface area contributed by atoms with Crippen LogP contribution in [0, 0.1) is 46.3 Å². The molecule has 0 saturated heterocycles. The van der Waals surface area contributed by atoms with Gasteiger partial charge in [-0.1, -0.05) is 36.1 Å². The molecule has 0 bridgehead atoms. The number of ether oxygens (including phenoxy) is 4. The number of carbonyl (C=O) groups is 1. The number of nitrogens with zero attached hydrogens (tertiary/aromatic N) is 9. The predicted octanol–water partition coefficient (Wildman–Crippen LogP) is 10.4. The van der Waals surface area contributed by atoms with Crippen molar-refractivity contribution in [3.8, 4) is 0 Å². The van der Waals surface area contributed by atoms with Crippen molar-refractivity contribution in [2.75, 3.05) is 72.2 Å². The van der Waals surface area contributed by atoms with Crippen LogP contribution in [0.15, 0.2) is 15.3 Å². The number of alkyl carbamates (subject to hydrolysis) is 1. The van der Waals surface area contributed by atoms with E-state index < -0.39 is 5.60 Å². The van der Waals surface area contributed by atoms with Crippen molar-refractivity contribution in [2.45, 2.75) is 162 Å². The van der Waals surface area contributed by atoms with Gasteiger partial charge in [-0.25, -0.2) is 4.79 Å². The Hall–Kier alpha value is -3.00. The van der Waals surface area contributed by atoms with Crippen LogP contribution in [0.4, 0.5) is 4.79 Å². The summed E-state index contributed by atoms with van der Waals surface area (Å²) in [4.78, 5) is 20.6. The van der Waals surface area contributed by atoms with E-state index >= 15 is 0 Å². The van der Waals surface area contributed by atoms with Gasteiger partial charge in [0.2, 0.25) is 0 Å². The first kappa shape index (κ1) is 51.6. The molecule has 3 N–H and O–H groups in total. The van der Waals surface area contributed by atoms with E-state index in [1.54, 1.807) is 0 Å². The first-order chi connectivity index (χ1) is 29.9. The van der Waals surface area contributed by atoms with E-state index in [2.05, 4.69) is 66.8 Å². The van der Waals surface area contributed by atoms with Crippen LogP contribution in [0.25, 0.3) is 31.3 Å². The molecule has 352 valence electrons. The van der Waals surface area contributed by atoms with Gasteiger partial charge in [0.15, 0.2) is 0 Å². The van der Waals surface area contributed by atoms with Gasteiger partial charge < -0.3 is 34.9 Å². The third-order valence-corrected chi connectivity index (χ3v) is 15.0. The van der Waals surface area contributed by atoms with Crippen LogP contribution >= 0.6 is 0 Å². The highest BCUT2D eigenvalue weighted by Gasteiger charge is 2.66. The van der Waals surface area contributed by atoms with Gasteiger partial charge in [0.25, 0.3) is 0 Å². The molecule has 17 nitrogen and oxygen atoms in total. The fraction of sp³-hybridized carbons (Fsp3) is 0.978. The number of hydrogen-bond acceptors (Lipinski definition) is 10. The molecule has 17 heteroatoms. The Morgan fingerprint density at radius 3 is 1.95 bits per heavy atom. The topological polar surface area (TPSA) is 236 Å². The molecule has 4 fully saturated rings. The standard InChI is InChI=1S/C45H82N12O5/c1-33(14-9-21-49-19-7-8-20-50-22-10-23-51-42(58)62-43(2,3)4)36-15-16-37-41-38(32-40(45(36,37)6)61-29-13-26-54-57-48)44(5)18-17-35(59-27-11-24-52-55-46)30-34(44)31-39(41)60-28-12-25-53-56-47/h33-41,49-50H,7-32H2,1-6H3,(H,51,58)/t33-,34?,35?,36?,37+,38+,39-,40+,41?,44+,45-/m1/s1. The maximum Gasteiger partial charge on any atom is 0.407 e. The molecular weight excluding hydrogens is 789 g/mol. The molecule has 4 saturated carbocycles. The fourth-order valence-corrected chi connectivity index (χ4v) is 12.1. The number of carbonyl (C=O) groups excluding carboxylic acids is 1. The van der Waals surface area contributed by atoms with E-state index in [1.807, 2.05) is 20.8 Å². The van der Waals surface area contributed by atoms with Crippen LogP contribution in [0.2, 0.25) is 0 Å². The van der Waals surface area contributed by atoms with Crippen molar-refractivity contribution in [1.29, 1.82) is 0 Å². The number of fused-ring (bicyclic) bond motifs is 5. The Labute approximate surface area is 371 Å². The molecule has 4 rings (SSSR count). The number of rotatable bonds is 29. The third kappa shape index (κ3) is 15.3. The summed E-state index contributed by atoms with van der Waals surface area (Å²) in [5.74, 6) is 2.96. The van der Waals surface area contributed by atoms with Crippen LogP contribution in [0.1, 0.15) is 138 Å². The van der Waals surface area contributed by atoms with Gasteiger partial charge >= 0.3 is 6.09 Å². The van der Waals surface area contributed by atoms with Crippen molar-refractivity contribution in [1.82, 2.24) is 16.0 Å². The lowest BCUT2D eigenvalue weighted by Crippen LogP contribution is -2.63. The van der Waals surface area contributed by atoms with E-state index in [9.17, 15) is 4.79 Å². The summed E-state index contributed by atoms with van der Waals surface area (Å²) in [6, 6.07) is 0. The van der Waals surface area contributed by atoms with Gasteiger partial charge in [-0.2, -0.15) is 0 Å². The molecule has 1 amide bonds. The molecule has 4 aliphatic carbocycles. The molecule has 0 aromatic rings. The number of unbranched alkanes of at least 4 members (excludes halogenated alkanes) is 1. The summed E-state index contributed by atoms with van der Waals surface area (Å²) in [5.41, 5.74) is 26.2. The highest BCUT2D eigenvalue weighted by molar-refractivity contribution is 5.67. The zero-order valence-corrected chi connectivity index (χ0v) is 39.1. The second-order valence-corrected chi connectivity index (χ2v) is 20.1. The van der Waals surface area contributed by atoms with Gasteiger partial charge in [-0.05, 0) is 201 Å². The Bertz CT molecular complexity index is 1480. The molecule has 4 aliphatic rings. The Balaban J connectivity index is 1.34. The van der Waals surface area contributed by atoms with Gasteiger partial charge in [-0.3, -0.25) is 0 Å². The van der Waals surface area contributed by atoms with Crippen molar-refractivity contribution >= 4 is 6.09 Å². The minimum absolute atomic E-state index is 0.00737. The maximum atomic E-state index is 11.8. The fourth-order valence-electron chi connectivity index (χ4n) is 12.1. The van der Waals surface area contributed by atoms with Crippen LogP contribution in [-0.4, -0.2) is 102 Å². The van der Waals surface area contributed by atoms with E-state index in [1.165, 1.54) is 19.3 Å². The van der Waals surface area contributed by atoms with E-state index in [0.717, 1.165) is 103 Å². The summed E-state index contributed by atoms with van der Waals surface area (Å²) in [6.07, 6.45) is 15.3. The summed E-state index contributed by atoms with van der Waals surface area (Å²) in [5, 5.41) is 21.3. The normalized spacial score (nSPS) is 30.7. The molecule has 0 heterocycles. The molecule has 62 heavy (non-hydrogen) atoms. The summed E-state index contributed by atoms with van der Waals surface area (Å²) < 4.78 is 25.7. The average molecular weight is 871 g/mol. The number of azide groups is 3. The predicted molar refractivity (Wildman–Crippen MR) is 243 cm³/mol. The Morgan fingerprint density at radius 2 is 1.32 bits per heavy atom. The quantitative estimate of drug-likeness (QED) is 0.0284. The lowest BCUT2D eigenvalue weighted by Gasteiger charge is -2.65. The van der Waals surface area contributed by atoms with Gasteiger partial charge in [-0.15, -0.1) is 0 Å². The zero-order chi connectivity index (χ0) is 44.9. The zero-order valence-electron chi connectivity index (χ0n) is 39.1. The monoisotopic (exact) mass is 871 g/mol. The molecule has 0 aliphatic heterocycles. The molecule has 11 atom stereocenters. The SMILES string of the molecule is C[C@H](CCCNCCCCNCCCNC(=O)OC(C)(C)C)C1CC[C@H]2C3[C@H](OCCCN=[N+]=[N-])CC4CC(OCCCN=[N+]=[N-])CC[C@]4(C)[C@H]3C[C@H](OCCCN=[N+]=[N-])[C@]12C. The van der Waals surface area contributed by atoms with Crippen LogP contribution < -0.4 is 16.0 Å². The van der Waals surface area contributed by atoms with Crippen LogP contribution in [0.3, 0.4) is 0 Å². The second kappa shape index (κ2) is 26.7. The summed E-state index contributed by atoms with van der Waals surface area (Å²) >= 11 is 0. The molecule has 0 aromatic carbocycles. The summed E-state index contributed by atoms with van der Waals surface area (Å²) in [7, 11) is 0. The lowest BCUT2D eigenvalue weighted by molar-refractivity contribution is -0.227. The van der Waals surface area contributed by atoms with Crippen molar-refractivity contribution < 1.29 is 23.7 Å². The van der Waals surface area contributed by atoms with E-state index in [0.29, 0.717) is 81.5 Å². The molecule has 0 aromatic heterocycles. The van der Waals surface area contributed by atoms with Gasteiger partial charge in [0, 0.05) is 66.1 Å². The van der Waals surface area contributed by atoms with Crippen molar-refractivity contribution in [3.63, 3.8) is 0 Å².